The summed E-state index contributed by atoms with van der Waals surface area (Å²) < 4.78 is 0. The molecule has 0 bridgehead atoms. The number of hydrogen-bond donors (Lipinski definition) is 2. The van der Waals surface area contributed by atoms with Crippen molar-refractivity contribution in [1.29, 1.82) is 0 Å². The predicted molar refractivity (Wildman–Crippen MR) is 90.8 cm³/mol. The Labute approximate surface area is 134 Å². The zero-order valence-electron chi connectivity index (χ0n) is 12.7. The summed E-state index contributed by atoms with van der Waals surface area (Å²) in [5, 5.41) is 5.61. The molecule has 0 aliphatic heterocycles. The lowest BCUT2D eigenvalue weighted by molar-refractivity contribution is -0.120. The minimum absolute atomic E-state index is 0.0386. The van der Waals surface area contributed by atoms with E-state index in [4.69, 9.17) is 5.73 Å². The van der Waals surface area contributed by atoms with Gasteiger partial charge in [0.1, 0.15) is 0 Å². The molecule has 1 aliphatic carbocycles. The summed E-state index contributed by atoms with van der Waals surface area (Å²) in [7, 11) is 0. The molecule has 0 radical (unpaired) electrons. The fourth-order valence-corrected chi connectivity index (χ4v) is 3.77. The smallest absolute Gasteiger partial charge is 0.229 e. The van der Waals surface area contributed by atoms with E-state index in [2.05, 4.69) is 41.5 Å². The minimum Gasteiger partial charge on any atom is -0.330 e. The molecule has 22 heavy (non-hydrogen) atoms. The van der Waals surface area contributed by atoms with Gasteiger partial charge in [0.05, 0.1) is 5.69 Å². The van der Waals surface area contributed by atoms with Crippen LogP contribution in [0.25, 0.3) is 11.3 Å². The molecule has 0 unspecified atom stereocenters. The Morgan fingerprint density at radius 3 is 2.86 bits per heavy atom. The summed E-state index contributed by atoms with van der Waals surface area (Å²) in [5.74, 6) is 0.422. The Morgan fingerprint density at radius 2 is 2.14 bits per heavy atom. The SMILES string of the molecule is Cc1ccc(-c2csc(NC(=O)[C@@H]3CCC[C@@H]3CN)n2)cc1. The Kier molecular flexibility index (Phi) is 4.55. The molecule has 2 aromatic rings. The number of anilines is 1. The Morgan fingerprint density at radius 1 is 1.36 bits per heavy atom. The first-order valence-electron chi connectivity index (χ1n) is 7.71. The monoisotopic (exact) mass is 315 g/mol. The van der Waals surface area contributed by atoms with Crippen LogP contribution >= 0.6 is 11.3 Å². The standard InChI is InChI=1S/C17H21N3OS/c1-11-5-7-12(8-6-11)15-10-22-17(19-15)20-16(21)14-4-2-3-13(14)9-18/h5-8,10,13-14H,2-4,9,18H2,1H3,(H,19,20,21)/t13-,14-/m1/s1. The van der Waals surface area contributed by atoms with Gasteiger partial charge >= 0.3 is 0 Å². The molecular weight excluding hydrogens is 294 g/mol. The molecule has 116 valence electrons. The molecule has 4 nitrogen and oxygen atoms in total. The number of hydrogen-bond acceptors (Lipinski definition) is 4. The third-order valence-electron chi connectivity index (χ3n) is 4.38. The van der Waals surface area contributed by atoms with Crippen LogP contribution in [-0.2, 0) is 4.79 Å². The van der Waals surface area contributed by atoms with E-state index in [-0.39, 0.29) is 11.8 Å². The number of nitrogens with zero attached hydrogens (tertiary/aromatic N) is 1. The molecule has 1 fully saturated rings. The van der Waals surface area contributed by atoms with Gasteiger partial charge < -0.3 is 11.1 Å². The second-order valence-electron chi connectivity index (χ2n) is 5.93. The number of carbonyl (C=O) groups is 1. The topological polar surface area (TPSA) is 68.0 Å². The maximum atomic E-state index is 12.4. The lowest BCUT2D eigenvalue weighted by Crippen LogP contribution is -2.29. The summed E-state index contributed by atoms with van der Waals surface area (Å²) >= 11 is 1.47. The lowest BCUT2D eigenvalue weighted by atomic mass is 9.95. The van der Waals surface area contributed by atoms with E-state index in [9.17, 15) is 4.79 Å². The van der Waals surface area contributed by atoms with Crippen LogP contribution in [0.1, 0.15) is 24.8 Å². The number of rotatable bonds is 4. The third kappa shape index (κ3) is 3.20. The van der Waals surface area contributed by atoms with Crippen LogP contribution in [0, 0.1) is 18.8 Å². The summed E-state index contributed by atoms with van der Waals surface area (Å²) in [6.45, 7) is 2.65. The fourth-order valence-electron chi connectivity index (χ4n) is 3.05. The Balaban J connectivity index is 1.69. The van der Waals surface area contributed by atoms with Crippen LogP contribution in [0.15, 0.2) is 29.6 Å². The highest BCUT2D eigenvalue weighted by atomic mass is 32.1. The molecule has 5 heteroatoms. The molecule has 1 saturated carbocycles. The maximum absolute atomic E-state index is 12.4. The van der Waals surface area contributed by atoms with Crippen LogP contribution in [0.2, 0.25) is 0 Å². The largest absolute Gasteiger partial charge is 0.330 e. The number of carbonyl (C=O) groups excluding carboxylic acids is 1. The van der Waals surface area contributed by atoms with Gasteiger partial charge in [0, 0.05) is 16.9 Å². The quantitative estimate of drug-likeness (QED) is 0.908. The number of nitrogens with two attached hydrogens (primary N) is 1. The van der Waals surface area contributed by atoms with Gasteiger partial charge in [-0.1, -0.05) is 36.2 Å². The average Bonchev–Trinajstić information content (AvgIpc) is 3.16. The van der Waals surface area contributed by atoms with Gasteiger partial charge in [-0.3, -0.25) is 4.79 Å². The second kappa shape index (κ2) is 6.58. The highest BCUT2D eigenvalue weighted by Gasteiger charge is 2.32. The predicted octanol–water partition coefficient (Wildman–Crippen LogP) is 3.43. The Hall–Kier alpha value is -1.72. The molecule has 1 aromatic heterocycles. The van der Waals surface area contributed by atoms with Gasteiger partial charge in [-0.15, -0.1) is 11.3 Å². The van der Waals surface area contributed by atoms with Crippen molar-refractivity contribution in [3.63, 3.8) is 0 Å². The number of amides is 1. The van der Waals surface area contributed by atoms with Crippen LogP contribution < -0.4 is 11.1 Å². The molecule has 1 heterocycles. The van der Waals surface area contributed by atoms with E-state index in [0.717, 1.165) is 30.5 Å². The first-order chi connectivity index (χ1) is 10.7. The van der Waals surface area contributed by atoms with Crippen molar-refractivity contribution < 1.29 is 4.79 Å². The summed E-state index contributed by atoms with van der Waals surface area (Å²) in [5.41, 5.74) is 8.96. The first-order valence-corrected chi connectivity index (χ1v) is 8.59. The van der Waals surface area contributed by atoms with Crippen molar-refractivity contribution in [2.45, 2.75) is 26.2 Å². The maximum Gasteiger partial charge on any atom is 0.229 e. The molecule has 1 amide bonds. The van der Waals surface area contributed by atoms with Crippen LogP contribution in [0.3, 0.4) is 0 Å². The summed E-state index contributed by atoms with van der Waals surface area (Å²) in [6, 6.07) is 8.24. The van der Waals surface area contributed by atoms with Crippen molar-refractivity contribution >= 4 is 22.4 Å². The molecule has 3 N–H and O–H groups in total. The number of nitrogens with one attached hydrogen (secondary N) is 1. The van der Waals surface area contributed by atoms with Crippen molar-refractivity contribution in [1.82, 2.24) is 4.98 Å². The minimum atomic E-state index is 0.0386. The number of thiazole rings is 1. The molecule has 2 atom stereocenters. The molecule has 1 aromatic carbocycles. The fraction of sp³-hybridized carbons (Fsp3) is 0.412. The average molecular weight is 315 g/mol. The van der Waals surface area contributed by atoms with Crippen LogP contribution in [0.5, 0.6) is 0 Å². The van der Waals surface area contributed by atoms with E-state index >= 15 is 0 Å². The highest BCUT2D eigenvalue weighted by Crippen LogP contribution is 2.32. The van der Waals surface area contributed by atoms with E-state index in [1.165, 1.54) is 16.9 Å². The van der Waals surface area contributed by atoms with E-state index in [1.54, 1.807) is 0 Å². The zero-order chi connectivity index (χ0) is 15.5. The van der Waals surface area contributed by atoms with Gasteiger partial charge in [-0.25, -0.2) is 4.98 Å². The zero-order valence-corrected chi connectivity index (χ0v) is 13.5. The molecule has 0 saturated heterocycles. The van der Waals surface area contributed by atoms with Gasteiger partial charge in [0.15, 0.2) is 5.13 Å². The second-order valence-corrected chi connectivity index (χ2v) is 6.78. The van der Waals surface area contributed by atoms with Crippen molar-refractivity contribution in [3.05, 3.63) is 35.2 Å². The van der Waals surface area contributed by atoms with E-state index in [1.807, 2.05) is 5.38 Å². The highest BCUT2D eigenvalue weighted by molar-refractivity contribution is 7.14. The van der Waals surface area contributed by atoms with Gasteiger partial charge in [-0.05, 0) is 32.2 Å². The van der Waals surface area contributed by atoms with Crippen LogP contribution in [-0.4, -0.2) is 17.4 Å². The number of benzene rings is 1. The van der Waals surface area contributed by atoms with Crippen LogP contribution in [0.4, 0.5) is 5.13 Å². The normalized spacial score (nSPS) is 21.0. The van der Waals surface area contributed by atoms with Gasteiger partial charge in [0.2, 0.25) is 5.91 Å². The van der Waals surface area contributed by atoms with E-state index in [0.29, 0.717) is 17.6 Å². The lowest BCUT2D eigenvalue weighted by Gasteiger charge is -2.16. The molecule has 0 spiro atoms. The van der Waals surface area contributed by atoms with Gasteiger partial charge in [-0.2, -0.15) is 0 Å². The van der Waals surface area contributed by atoms with E-state index < -0.39 is 0 Å². The van der Waals surface area contributed by atoms with Gasteiger partial charge in [0.25, 0.3) is 0 Å². The first kappa shape index (κ1) is 15.2. The van der Waals surface area contributed by atoms with Crippen molar-refractivity contribution in [2.24, 2.45) is 17.6 Å². The van der Waals surface area contributed by atoms with Crippen molar-refractivity contribution in [3.8, 4) is 11.3 Å². The number of aromatic nitrogens is 1. The van der Waals surface area contributed by atoms with Crippen molar-refractivity contribution in [2.75, 3.05) is 11.9 Å². The number of aryl methyl sites for hydroxylation is 1. The Bertz CT molecular complexity index is 650. The molecule has 3 rings (SSSR count). The molecule has 1 aliphatic rings. The molecular formula is C17H21N3OS. The summed E-state index contributed by atoms with van der Waals surface area (Å²) in [4.78, 5) is 16.9. The third-order valence-corrected chi connectivity index (χ3v) is 5.14. The summed E-state index contributed by atoms with van der Waals surface area (Å²) in [6.07, 6.45) is 3.08.